The Morgan fingerprint density at radius 2 is 1.00 bits per heavy atom. The molecule has 2 aromatic carbocycles. The summed E-state index contributed by atoms with van der Waals surface area (Å²) in [6, 6.07) is 30.5. The topological polar surface area (TPSA) is 7.76 Å². The standard InChI is InChI=1S/C26H26N2/c1-27-15-5-3-13-25(27)19-21-9-7-11-23(17-21)24-12-8-10-22(18-24)20-26-14-4-6-16-28(26)2/h3-18H,19-20H2,1-2H3/q+2. The molecule has 0 saturated heterocycles. The number of benzene rings is 2. The Kier molecular flexibility index (Phi) is 5.29. The summed E-state index contributed by atoms with van der Waals surface area (Å²) >= 11 is 0. The molecule has 0 amide bonds. The molecule has 0 saturated carbocycles. The van der Waals surface area contributed by atoms with E-state index >= 15 is 0 Å². The molecule has 0 N–H and O–H groups in total. The van der Waals surface area contributed by atoms with Gasteiger partial charge in [-0.3, -0.25) is 0 Å². The van der Waals surface area contributed by atoms with Crippen LogP contribution in [-0.2, 0) is 26.9 Å². The summed E-state index contributed by atoms with van der Waals surface area (Å²) in [5.74, 6) is 0. The van der Waals surface area contributed by atoms with E-state index < -0.39 is 0 Å². The van der Waals surface area contributed by atoms with Crippen molar-refractivity contribution in [3.63, 3.8) is 0 Å². The maximum absolute atomic E-state index is 2.31. The molecule has 0 aliphatic heterocycles. The molecule has 2 nitrogen and oxygen atoms in total. The van der Waals surface area contributed by atoms with Crippen molar-refractivity contribution in [2.24, 2.45) is 14.1 Å². The van der Waals surface area contributed by atoms with Crippen molar-refractivity contribution >= 4 is 0 Å². The van der Waals surface area contributed by atoms with Gasteiger partial charge in [0.15, 0.2) is 23.8 Å². The minimum Gasteiger partial charge on any atom is -0.205 e. The molecule has 2 heteroatoms. The van der Waals surface area contributed by atoms with Gasteiger partial charge in [0.25, 0.3) is 0 Å². The molecule has 138 valence electrons. The number of pyridine rings is 2. The third kappa shape index (κ3) is 4.17. The molecular formula is C26H26N2+2. The van der Waals surface area contributed by atoms with E-state index in [1.165, 1.54) is 33.6 Å². The minimum atomic E-state index is 0.935. The van der Waals surface area contributed by atoms with Crippen molar-refractivity contribution in [1.82, 2.24) is 0 Å². The van der Waals surface area contributed by atoms with Crippen LogP contribution < -0.4 is 9.13 Å². The molecule has 0 aliphatic carbocycles. The van der Waals surface area contributed by atoms with Crippen LogP contribution in [0.3, 0.4) is 0 Å². The zero-order valence-corrected chi connectivity index (χ0v) is 16.5. The lowest BCUT2D eigenvalue weighted by atomic mass is 9.98. The van der Waals surface area contributed by atoms with E-state index in [0.29, 0.717) is 0 Å². The molecular weight excluding hydrogens is 340 g/mol. The summed E-state index contributed by atoms with van der Waals surface area (Å²) in [4.78, 5) is 0. The van der Waals surface area contributed by atoms with Crippen LogP contribution in [0.4, 0.5) is 0 Å². The van der Waals surface area contributed by atoms with E-state index in [1.807, 2.05) is 0 Å². The Labute approximate surface area is 167 Å². The van der Waals surface area contributed by atoms with E-state index in [9.17, 15) is 0 Å². The molecule has 2 aromatic heterocycles. The van der Waals surface area contributed by atoms with Crippen molar-refractivity contribution < 1.29 is 9.13 Å². The Hall–Kier alpha value is -3.26. The maximum atomic E-state index is 2.31. The summed E-state index contributed by atoms with van der Waals surface area (Å²) in [5.41, 5.74) is 7.83. The van der Waals surface area contributed by atoms with Gasteiger partial charge < -0.3 is 0 Å². The second kappa shape index (κ2) is 8.18. The first kappa shape index (κ1) is 18.1. The zero-order valence-electron chi connectivity index (χ0n) is 16.5. The number of rotatable bonds is 5. The number of hydrogen-bond acceptors (Lipinski definition) is 0. The summed E-state index contributed by atoms with van der Waals surface area (Å²) in [6.07, 6.45) is 6.08. The Morgan fingerprint density at radius 1 is 0.536 bits per heavy atom. The number of aryl methyl sites for hydroxylation is 2. The Balaban J connectivity index is 1.59. The summed E-state index contributed by atoms with van der Waals surface area (Å²) < 4.78 is 4.38. The van der Waals surface area contributed by atoms with Crippen molar-refractivity contribution in [1.29, 1.82) is 0 Å². The van der Waals surface area contributed by atoms with Crippen LogP contribution in [0.15, 0.2) is 97.3 Å². The molecule has 0 spiro atoms. The van der Waals surface area contributed by atoms with Crippen LogP contribution >= 0.6 is 0 Å². The van der Waals surface area contributed by atoms with Gasteiger partial charge in [0.2, 0.25) is 0 Å². The minimum absolute atomic E-state index is 0.935. The van der Waals surface area contributed by atoms with Crippen molar-refractivity contribution in [2.45, 2.75) is 12.8 Å². The lowest BCUT2D eigenvalue weighted by Gasteiger charge is -2.08. The molecule has 0 atom stereocenters. The Morgan fingerprint density at radius 3 is 1.43 bits per heavy atom. The lowest BCUT2D eigenvalue weighted by Crippen LogP contribution is -2.32. The number of hydrogen-bond donors (Lipinski definition) is 0. The van der Waals surface area contributed by atoms with Crippen LogP contribution in [0, 0.1) is 0 Å². The van der Waals surface area contributed by atoms with E-state index in [-0.39, 0.29) is 0 Å². The zero-order chi connectivity index (χ0) is 19.3. The summed E-state index contributed by atoms with van der Waals surface area (Å²) in [5, 5.41) is 0. The van der Waals surface area contributed by atoms with Gasteiger partial charge in [-0.15, -0.1) is 0 Å². The molecule has 4 rings (SSSR count). The fraction of sp³-hybridized carbons (Fsp3) is 0.154. The summed E-state index contributed by atoms with van der Waals surface area (Å²) in [7, 11) is 4.21. The first-order valence-electron chi connectivity index (χ1n) is 9.74. The van der Waals surface area contributed by atoms with Crippen LogP contribution in [0.1, 0.15) is 22.5 Å². The second-order valence-electron chi connectivity index (χ2n) is 7.36. The molecule has 28 heavy (non-hydrogen) atoms. The molecule has 0 bridgehead atoms. The smallest absolute Gasteiger partial charge is 0.185 e. The second-order valence-corrected chi connectivity index (χ2v) is 7.36. The van der Waals surface area contributed by atoms with Crippen molar-refractivity contribution in [3.05, 3.63) is 120 Å². The highest BCUT2D eigenvalue weighted by Gasteiger charge is 2.09. The predicted molar refractivity (Wildman–Crippen MR) is 113 cm³/mol. The van der Waals surface area contributed by atoms with Gasteiger partial charge in [0.05, 0.1) is 12.8 Å². The molecule has 4 aromatic rings. The van der Waals surface area contributed by atoms with Gasteiger partial charge in [-0.05, 0) is 22.3 Å². The average Bonchev–Trinajstić information content (AvgIpc) is 2.72. The highest BCUT2D eigenvalue weighted by Crippen LogP contribution is 2.23. The van der Waals surface area contributed by atoms with Gasteiger partial charge in [-0.25, -0.2) is 9.13 Å². The van der Waals surface area contributed by atoms with Gasteiger partial charge >= 0.3 is 0 Å². The van der Waals surface area contributed by atoms with Crippen molar-refractivity contribution in [2.75, 3.05) is 0 Å². The SMILES string of the molecule is C[n+]1ccccc1Cc1cccc(-c2cccc(Cc3cccc[n+]3C)c2)c1. The Bertz CT molecular complexity index is 1010. The van der Waals surface area contributed by atoms with Crippen molar-refractivity contribution in [3.8, 4) is 11.1 Å². The summed E-state index contributed by atoms with van der Waals surface area (Å²) in [6.45, 7) is 0. The number of nitrogens with zero attached hydrogens (tertiary/aromatic N) is 2. The van der Waals surface area contributed by atoms with Crippen LogP contribution in [0.25, 0.3) is 11.1 Å². The van der Waals surface area contributed by atoms with Gasteiger partial charge in [0.1, 0.15) is 14.1 Å². The quantitative estimate of drug-likeness (QED) is 0.468. The normalized spacial score (nSPS) is 10.8. The van der Waals surface area contributed by atoms with E-state index in [0.717, 1.165) is 12.8 Å². The number of aromatic nitrogens is 2. The van der Waals surface area contributed by atoms with E-state index in [4.69, 9.17) is 0 Å². The fourth-order valence-corrected chi connectivity index (χ4v) is 3.62. The first-order chi connectivity index (χ1) is 13.7. The van der Waals surface area contributed by atoms with E-state index in [1.54, 1.807) is 0 Å². The molecule has 2 heterocycles. The lowest BCUT2D eigenvalue weighted by molar-refractivity contribution is -0.678. The van der Waals surface area contributed by atoms with Gasteiger partial charge in [-0.2, -0.15) is 0 Å². The molecule has 0 unspecified atom stereocenters. The maximum Gasteiger partial charge on any atom is 0.185 e. The molecule has 0 radical (unpaired) electrons. The van der Waals surface area contributed by atoms with Crippen LogP contribution in [-0.4, -0.2) is 0 Å². The van der Waals surface area contributed by atoms with Gasteiger partial charge in [0, 0.05) is 24.3 Å². The predicted octanol–water partition coefficient (Wildman–Crippen LogP) is 4.18. The molecule has 0 aliphatic rings. The highest BCUT2D eigenvalue weighted by molar-refractivity contribution is 5.65. The van der Waals surface area contributed by atoms with Crippen LogP contribution in [0.2, 0.25) is 0 Å². The largest absolute Gasteiger partial charge is 0.205 e. The third-order valence-electron chi connectivity index (χ3n) is 5.28. The fourth-order valence-electron chi connectivity index (χ4n) is 3.62. The monoisotopic (exact) mass is 366 g/mol. The molecule has 0 fully saturated rings. The average molecular weight is 367 g/mol. The van der Waals surface area contributed by atoms with Crippen LogP contribution in [0.5, 0.6) is 0 Å². The third-order valence-corrected chi connectivity index (χ3v) is 5.28. The first-order valence-corrected chi connectivity index (χ1v) is 9.74. The van der Waals surface area contributed by atoms with Gasteiger partial charge in [-0.1, -0.05) is 60.7 Å². The highest BCUT2D eigenvalue weighted by atomic mass is 14.9. The van der Waals surface area contributed by atoms with E-state index in [2.05, 4.69) is 121 Å².